The lowest BCUT2D eigenvalue weighted by molar-refractivity contribution is 0.585. The highest BCUT2D eigenvalue weighted by Crippen LogP contribution is 2.29. The Kier molecular flexibility index (Phi) is 3.93. The van der Waals surface area contributed by atoms with Crippen LogP contribution in [0, 0.1) is 11.3 Å². The lowest BCUT2D eigenvalue weighted by atomic mass is 10.2. The van der Waals surface area contributed by atoms with E-state index in [0.29, 0.717) is 15.7 Å². The fourth-order valence-electron chi connectivity index (χ4n) is 2.10. The van der Waals surface area contributed by atoms with Gasteiger partial charge in [-0.1, -0.05) is 12.8 Å². The third kappa shape index (κ3) is 2.85. The summed E-state index contributed by atoms with van der Waals surface area (Å²) in [6, 6.07) is 6.81. The Balaban J connectivity index is 2.21. The Morgan fingerprint density at radius 2 is 2.00 bits per heavy atom. The van der Waals surface area contributed by atoms with Crippen LogP contribution in [0.25, 0.3) is 0 Å². The van der Waals surface area contributed by atoms with E-state index in [-0.39, 0.29) is 5.25 Å². The summed E-state index contributed by atoms with van der Waals surface area (Å²) in [5.74, 6) is 0. The van der Waals surface area contributed by atoms with E-state index in [9.17, 15) is 8.42 Å². The van der Waals surface area contributed by atoms with E-state index in [1.807, 2.05) is 6.07 Å². The molecule has 0 unspecified atom stereocenters. The van der Waals surface area contributed by atoms with Gasteiger partial charge in [-0.25, -0.2) is 8.42 Å². The molecule has 0 bridgehead atoms. The smallest absolute Gasteiger partial charge is 0.235 e. The summed E-state index contributed by atoms with van der Waals surface area (Å²) in [6.07, 6.45) is 3.40. The zero-order valence-corrected chi connectivity index (χ0v) is 12.1. The first-order chi connectivity index (χ1) is 8.53. The summed E-state index contributed by atoms with van der Waals surface area (Å²) in [5.41, 5.74) is 0.978. The lowest BCUT2D eigenvalue weighted by Crippen LogP contribution is -2.25. The van der Waals surface area contributed by atoms with E-state index in [1.54, 1.807) is 18.2 Å². The highest BCUT2D eigenvalue weighted by Gasteiger charge is 2.28. The van der Waals surface area contributed by atoms with Crippen molar-refractivity contribution in [3.8, 4) is 6.07 Å². The minimum absolute atomic E-state index is 0.292. The van der Waals surface area contributed by atoms with Gasteiger partial charge in [0.1, 0.15) is 0 Å². The van der Waals surface area contributed by atoms with Gasteiger partial charge in [0.05, 0.1) is 22.6 Å². The molecule has 0 saturated heterocycles. The highest BCUT2D eigenvalue weighted by atomic mass is 79.9. The lowest BCUT2D eigenvalue weighted by Gasteiger charge is -2.14. The largest absolute Gasteiger partial charge is 0.282 e. The van der Waals surface area contributed by atoms with Crippen LogP contribution in [0.1, 0.15) is 31.2 Å². The minimum atomic E-state index is -3.32. The number of nitrogens with one attached hydrogen (secondary N) is 1. The van der Waals surface area contributed by atoms with Crippen molar-refractivity contribution in [2.75, 3.05) is 4.72 Å². The molecule has 6 heteroatoms. The Morgan fingerprint density at radius 3 is 2.56 bits per heavy atom. The van der Waals surface area contributed by atoms with E-state index in [2.05, 4.69) is 20.7 Å². The van der Waals surface area contributed by atoms with E-state index >= 15 is 0 Å². The first-order valence-electron chi connectivity index (χ1n) is 5.74. The van der Waals surface area contributed by atoms with Crippen molar-refractivity contribution in [2.45, 2.75) is 30.9 Å². The molecular formula is C12H13BrN2O2S. The second-order valence-electron chi connectivity index (χ2n) is 4.36. The van der Waals surface area contributed by atoms with Crippen molar-refractivity contribution >= 4 is 31.6 Å². The van der Waals surface area contributed by atoms with Gasteiger partial charge in [-0.15, -0.1) is 0 Å². The van der Waals surface area contributed by atoms with Gasteiger partial charge in [0.25, 0.3) is 0 Å². The third-order valence-electron chi connectivity index (χ3n) is 3.09. The van der Waals surface area contributed by atoms with Crippen LogP contribution in [0.4, 0.5) is 5.69 Å². The molecule has 1 N–H and O–H groups in total. The Labute approximate surface area is 115 Å². The molecule has 18 heavy (non-hydrogen) atoms. The number of hydrogen-bond acceptors (Lipinski definition) is 3. The van der Waals surface area contributed by atoms with Crippen molar-refractivity contribution < 1.29 is 8.42 Å². The minimum Gasteiger partial charge on any atom is -0.282 e. The average Bonchev–Trinajstić information content (AvgIpc) is 2.86. The predicted octanol–water partition coefficient (Wildman–Crippen LogP) is 3.01. The normalized spacial score (nSPS) is 16.4. The number of halogens is 1. The Morgan fingerprint density at radius 1 is 1.33 bits per heavy atom. The Bertz CT molecular complexity index is 587. The van der Waals surface area contributed by atoms with Gasteiger partial charge in [0.15, 0.2) is 0 Å². The summed E-state index contributed by atoms with van der Waals surface area (Å²) in [4.78, 5) is 0. The van der Waals surface area contributed by atoms with Gasteiger partial charge in [-0.2, -0.15) is 5.26 Å². The van der Waals surface area contributed by atoms with Crippen molar-refractivity contribution in [1.29, 1.82) is 5.26 Å². The predicted molar refractivity (Wildman–Crippen MR) is 73.7 cm³/mol. The quantitative estimate of drug-likeness (QED) is 0.927. The molecule has 0 atom stereocenters. The number of benzene rings is 1. The van der Waals surface area contributed by atoms with Gasteiger partial charge in [0.2, 0.25) is 10.0 Å². The van der Waals surface area contributed by atoms with E-state index in [1.165, 1.54) is 0 Å². The molecule has 0 amide bonds. The molecule has 0 spiro atoms. The van der Waals surface area contributed by atoms with Gasteiger partial charge >= 0.3 is 0 Å². The van der Waals surface area contributed by atoms with E-state index in [4.69, 9.17) is 5.26 Å². The van der Waals surface area contributed by atoms with Crippen molar-refractivity contribution in [3.05, 3.63) is 28.2 Å². The summed E-state index contributed by atoms with van der Waals surface area (Å²) in [7, 11) is -3.32. The zero-order valence-electron chi connectivity index (χ0n) is 9.69. The Hall–Kier alpha value is -1.06. The van der Waals surface area contributed by atoms with Crippen LogP contribution < -0.4 is 4.72 Å². The maximum absolute atomic E-state index is 12.1. The summed E-state index contributed by atoms with van der Waals surface area (Å²) in [5, 5.41) is 8.46. The van der Waals surface area contributed by atoms with Crippen LogP contribution >= 0.6 is 15.9 Å². The monoisotopic (exact) mass is 328 g/mol. The van der Waals surface area contributed by atoms with Crippen LogP contribution in [-0.2, 0) is 10.0 Å². The van der Waals surface area contributed by atoms with Crippen LogP contribution in [0.15, 0.2) is 22.7 Å². The van der Waals surface area contributed by atoms with Crippen molar-refractivity contribution in [3.63, 3.8) is 0 Å². The zero-order chi connectivity index (χ0) is 13.2. The molecule has 1 fully saturated rings. The van der Waals surface area contributed by atoms with E-state index < -0.39 is 10.0 Å². The summed E-state index contributed by atoms with van der Waals surface area (Å²) >= 11 is 3.27. The maximum Gasteiger partial charge on any atom is 0.235 e. The molecule has 0 aromatic heterocycles. The number of nitriles is 1. The standard InChI is InChI=1S/C12H13BrN2O2S/c13-11-7-9(8-14)5-6-12(11)15-18(16,17)10-3-1-2-4-10/h5-7,10,15H,1-4H2. The molecule has 2 rings (SSSR count). The fraction of sp³-hybridized carbons (Fsp3) is 0.417. The second kappa shape index (κ2) is 5.29. The number of hydrogen-bond donors (Lipinski definition) is 1. The second-order valence-corrected chi connectivity index (χ2v) is 7.18. The first-order valence-corrected chi connectivity index (χ1v) is 8.08. The number of sulfonamides is 1. The molecule has 1 saturated carbocycles. The first kappa shape index (κ1) is 13.4. The SMILES string of the molecule is N#Cc1ccc(NS(=O)(=O)C2CCCC2)c(Br)c1. The van der Waals surface area contributed by atoms with E-state index in [0.717, 1.165) is 25.7 Å². The molecule has 96 valence electrons. The van der Waals surface area contributed by atoms with Gasteiger partial charge in [-0.05, 0) is 47.0 Å². The van der Waals surface area contributed by atoms with Crippen LogP contribution in [0.5, 0.6) is 0 Å². The molecule has 1 aromatic rings. The molecule has 1 aliphatic rings. The summed E-state index contributed by atoms with van der Waals surface area (Å²) < 4.78 is 27.4. The fourth-order valence-corrected chi connectivity index (χ4v) is 4.32. The van der Waals surface area contributed by atoms with Gasteiger partial charge in [-0.3, -0.25) is 4.72 Å². The third-order valence-corrected chi connectivity index (χ3v) is 5.60. The van der Waals surface area contributed by atoms with Gasteiger partial charge in [0, 0.05) is 4.47 Å². The van der Waals surface area contributed by atoms with Crippen molar-refractivity contribution in [1.82, 2.24) is 0 Å². The molecule has 0 heterocycles. The summed E-state index contributed by atoms with van der Waals surface area (Å²) in [6.45, 7) is 0. The topological polar surface area (TPSA) is 70.0 Å². The number of rotatable bonds is 3. The van der Waals surface area contributed by atoms with Crippen molar-refractivity contribution in [2.24, 2.45) is 0 Å². The molecule has 1 aromatic carbocycles. The van der Waals surface area contributed by atoms with Crippen LogP contribution in [0.2, 0.25) is 0 Å². The highest BCUT2D eigenvalue weighted by molar-refractivity contribution is 9.10. The number of anilines is 1. The van der Waals surface area contributed by atoms with Crippen LogP contribution in [0.3, 0.4) is 0 Å². The maximum atomic E-state index is 12.1. The van der Waals surface area contributed by atoms with Gasteiger partial charge < -0.3 is 0 Å². The molecular weight excluding hydrogens is 316 g/mol. The molecule has 4 nitrogen and oxygen atoms in total. The average molecular weight is 329 g/mol. The molecule has 0 radical (unpaired) electrons. The molecule has 1 aliphatic carbocycles. The van der Waals surface area contributed by atoms with Crippen LogP contribution in [-0.4, -0.2) is 13.7 Å². The molecule has 0 aliphatic heterocycles. The number of nitrogens with zero attached hydrogens (tertiary/aromatic N) is 1.